The van der Waals surface area contributed by atoms with E-state index in [0.29, 0.717) is 33.5 Å². The highest BCUT2D eigenvalue weighted by molar-refractivity contribution is 7.92. The Morgan fingerprint density at radius 1 is 1.00 bits per heavy atom. The Labute approximate surface area is 235 Å². The average molecular weight is 589 g/mol. The van der Waals surface area contributed by atoms with E-state index < -0.39 is 28.5 Å². The second kappa shape index (κ2) is 13.9. The first-order chi connectivity index (χ1) is 17.9. The number of carbonyl (C=O) groups excluding carboxylic acids is 2. The van der Waals surface area contributed by atoms with E-state index >= 15 is 0 Å². The van der Waals surface area contributed by atoms with Gasteiger partial charge < -0.3 is 19.7 Å². The highest BCUT2D eigenvalue weighted by Gasteiger charge is 2.33. The van der Waals surface area contributed by atoms with E-state index in [4.69, 9.17) is 32.7 Å². The van der Waals surface area contributed by atoms with E-state index in [9.17, 15) is 18.0 Å². The van der Waals surface area contributed by atoms with Crippen LogP contribution in [-0.2, 0) is 26.2 Å². The number of benzene rings is 2. The maximum Gasteiger partial charge on any atom is 0.244 e. The zero-order chi connectivity index (χ0) is 28.6. The Hall–Kier alpha value is -2.69. The van der Waals surface area contributed by atoms with Gasteiger partial charge in [-0.05, 0) is 44.0 Å². The van der Waals surface area contributed by atoms with Crippen LogP contribution in [0.3, 0.4) is 0 Å². The standard InChI is InChI=1S/C26H35Cl2N3O6S/c1-7-17(3)29-26(33)22(8-2)30(15-19-20(27)10-9-11-21(19)28)25(32)16-31(38(6,34)35)18-12-13-23(36-4)24(14-18)37-5/h9-14,17,22H,7-8,15-16H2,1-6H3,(H,29,33)/t17-,22-/m1/s1. The van der Waals surface area contributed by atoms with Crippen molar-refractivity contribution < 1.29 is 27.5 Å². The monoisotopic (exact) mass is 587 g/mol. The summed E-state index contributed by atoms with van der Waals surface area (Å²) in [5.41, 5.74) is 0.655. The van der Waals surface area contributed by atoms with Crippen LogP contribution in [0.15, 0.2) is 36.4 Å². The molecule has 0 radical (unpaired) electrons. The molecule has 0 aromatic heterocycles. The number of amides is 2. The number of anilines is 1. The summed E-state index contributed by atoms with van der Waals surface area (Å²) < 4.78 is 37.2. The summed E-state index contributed by atoms with van der Waals surface area (Å²) in [6.07, 6.45) is 1.98. The van der Waals surface area contributed by atoms with E-state index in [1.54, 1.807) is 31.2 Å². The third-order valence-corrected chi connectivity index (χ3v) is 7.96. The van der Waals surface area contributed by atoms with Crippen LogP contribution in [0.1, 0.15) is 39.2 Å². The minimum Gasteiger partial charge on any atom is -0.493 e. The molecule has 38 heavy (non-hydrogen) atoms. The largest absolute Gasteiger partial charge is 0.493 e. The van der Waals surface area contributed by atoms with Crippen molar-refractivity contribution in [3.05, 3.63) is 52.0 Å². The molecule has 2 aromatic rings. The molecular formula is C26H35Cl2N3O6S. The number of hydrogen-bond acceptors (Lipinski definition) is 6. The fourth-order valence-corrected chi connectivity index (χ4v) is 5.17. The smallest absolute Gasteiger partial charge is 0.244 e. The number of halogens is 2. The van der Waals surface area contributed by atoms with Crippen LogP contribution in [0.5, 0.6) is 11.5 Å². The molecule has 0 fully saturated rings. The van der Waals surface area contributed by atoms with Crippen LogP contribution in [0.4, 0.5) is 5.69 Å². The van der Waals surface area contributed by atoms with Gasteiger partial charge in [-0.25, -0.2) is 8.42 Å². The van der Waals surface area contributed by atoms with Crippen LogP contribution in [-0.4, -0.2) is 64.2 Å². The van der Waals surface area contributed by atoms with Gasteiger partial charge in [0, 0.05) is 34.3 Å². The van der Waals surface area contributed by atoms with Gasteiger partial charge in [0.15, 0.2) is 11.5 Å². The predicted octanol–water partition coefficient (Wildman–Crippen LogP) is 4.50. The SMILES string of the molecule is CC[C@@H](C)NC(=O)[C@@H](CC)N(Cc1c(Cl)cccc1Cl)C(=O)CN(c1ccc(OC)c(OC)c1)S(C)(=O)=O. The Balaban J connectivity index is 2.55. The lowest BCUT2D eigenvalue weighted by Gasteiger charge is -2.33. The van der Waals surface area contributed by atoms with Crippen molar-refractivity contribution in [2.24, 2.45) is 0 Å². The Bertz CT molecular complexity index is 1220. The van der Waals surface area contributed by atoms with E-state index in [0.717, 1.165) is 10.6 Å². The summed E-state index contributed by atoms with van der Waals surface area (Å²) >= 11 is 12.8. The van der Waals surface area contributed by atoms with Gasteiger partial charge in [-0.2, -0.15) is 0 Å². The maximum atomic E-state index is 13.8. The summed E-state index contributed by atoms with van der Waals surface area (Å²) in [6, 6.07) is 8.47. The Kier molecular flexibility index (Phi) is 11.5. The molecule has 9 nitrogen and oxygen atoms in total. The van der Waals surface area contributed by atoms with Crippen LogP contribution in [0.2, 0.25) is 10.0 Å². The molecule has 2 atom stereocenters. The van der Waals surface area contributed by atoms with E-state index in [-0.39, 0.29) is 30.6 Å². The number of hydrogen-bond donors (Lipinski definition) is 1. The molecular weight excluding hydrogens is 553 g/mol. The second-order valence-electron chi connectivity index (χ2n) is 8.77. The first-order valence-corrected chi connectivity index (χ1v) is 14.7. The van der Waals surface area contributed by atoms with Gasteiger partial charge in [0.2, 0.25) is 21.8 Å². The average Bonchev–Trinajstić information content (AvgIpc) is 2.87. The van der Waals surface area contributed by atoms with Gasteiger partial charge in [-0.3, -0.25) is 13.9 Å². The van der Waals surface area contributed by atoms with Crippen molar-refractivity contribution in [1.82, 2.24) is 10.2 Å². The van der Waals surface area contributed by atoms with Gasteiger partial charge in [0.1, 0.15) is 12.6 Å². The predicted molar refractivity (Wildman–Crippen MR) is 151 cm³/mol. The Morgan fingerprint density at radius 2 is 1.61 bits per heavy atom. The molecule has 0 aliphatic rings. The molecule has 0 heterocycles. The Morgan fingerprint density at radius 3 is 2.11 bits per heavy atom. The zero-order valence-electron chi connectivity index (χ0n) is 22.5. The van der Waals surface area contributed by atoms with Crippen LogP contribution < -0.4 is 19.1 Å². The second-order valence-corrected chi connectivity index (χ2v) is 11.5. The molecule has 0 spiro atoms. The molecule has 2 amide bonds. The van der Waals surface area contributed by atoms with Gasteiger partial charge in [0.25, 0.3) is 0 Å². The number of nitrogens with zero attached hydrogens (tertiary/aromatic N) is 2. The van der Waals surface area contributed by atoms with E-state index in [1.807, 2.05) is 13.8 Å². The third-order valence-electron chi connectivity index (χ3n) is 6.11. The number of rotatable bonds is 13. The number of methoxy groups -OCH3 is 2. The van der Waals surface area contributed by atoms with E-state index in [1.165, 1.54) is 31.3 Å². The van der Waals surface area contributed by atoms with Gasteiger partial charge in [-0.15, -0.1) is 0 Å². The summed E-state index contributed by atoms with van der Waals surface area (Å²) in [5.74, 6) is -0.258. The van der Waals surface area contributed by atoms with Crippen molar-refractivity contribution >= 4 is 50.7 Å². The third kappa shape index (κ3) is 7.91. The number of ether oxygens (including phenoxy) is 2. The quantitative estimate of drug-likeness (QED) is 0.370. The summed E-state index contributed by atoms with van der Waals surface area (Å²) in [7, 11) is -1.03. The molecule has 0 aliphatic carbocycles. The first-order valence-electron chi connectivity index (χ1n) is 12.1. The maximum absolute atomic E-state index is 13.8. The molecule has 0 saturated heterocycles. The molecule has 1 N–H and O–H groups in total. The van der Waals surface area contributed by atoms with E-state index in [2.05, 4.69) is 5.32 Å². The zero-order valence-corrected chi connectivity index (χ0v) is 24.8. The number of sulfonamides is 1. The van der Waals surface area contributed by atoms with Crippen molar-refractivity contribution in [1.29, 1.82) is 0 Å². The molecule has 0 saturated carbocycles. The van der Waals surface area contributed by atoms with Crippen molar-refractivity contribution in [3.8, 4) is 11.5 Å². The minimum absolute atomic E-state index is 0.0900. The number of nitrogens with one attached hydrogen (secondary N) is 1. The molecule has 2 aromatic carbocycles. The number of carbonyl (C=O) groups is 2. The van der Waals surface area contributed by atoms with Crippen LogP contribution in [0.25, 0.3) is 0 Å². The topological polar surface area (TPSA) is 105 Å². The van der Waals surface area contributed by atoms with Gasteiger partial charge >= 0.3 is 0 Å². The fourth-order valence-electron chi connectivity index (χ4n) is 3.81. The summed E-state index contributed by atoms with van der Waals surface area (Å²) in [6.45, 7) is 4.92. The summed E-state index contributed by atoms with van der Waals surface area (Å²) in [5, 5.41) is 3.57. The van der Waals surface area contributed by atoms with Crippen molar-refractivity contribution in [3.63, 3.8) is 0 Å². The van der Waals surface area contributed by atoms with Gasteiger partial charge in [0.05, 0.1) is 26.2 Å². The normalized spacial score (nSPS) is 12.8. The fraction of sp³-hybridized carbons (Fsp3) is 0.462. The highest BCUT2D eigenvalue weighted by Crippen LogP contribution is 2.33. The highest BCUT2D eigenvalue weighted by atomic mass is 35.5. The first kappa shape index (κ1) is 31.5. The van der Waals surface area contributed by atoms with Crippen molar-refractivity contribution in [2.75, 3.05) is 31.3 Å². The molecule has 2 rings (SSSR count). The molecule has 210 valence electrons. The lowest BCUT2D eigenvalue weighted by Crippen LogP contribution is -2.53. The molecule has 12 heteroatoms. The molecule has 0 aliphatic heterocycles. The van der Waals surface area contributed by atoms with Crippen LogP contribution >= 0.6 is 23.2 Å². The van der Waals surface area contributed by atoms with Crippen molar-refractivity contribution in [2.45, 2.75) is 52.2 Å². The molecule has 0 unspecified atom stereocenters. The lowest BCUT2D eigenvalue weighted by atomic mass is 10.1. The minimum atomic E-state index is -3.92. The van der Waals surface area contributed by atoms with Crippen LogP contribution in [0, 0.1) is 0 Å². The molecule has 0 bridgehead atoms. The summed E-state index contributed by atoms with van der Waals surface area (Å²) in [4.78, 5) is 28.4. The lowest BCUT2D eigenvalue weighted by molar-refractivity contribution is -0.140. The van der Waals surface area contributed by atoms with Gasteiger partial charge in [-0.1, -0.05) is 43.1 Å².